The van der Waals surface area contributed by atoms with Crippen molar-refractivity contribution >= 4 is 16.0 Å². The van der Waals surface area contributed by atoms with Gasteiger partial charge in [-0.2, -0.15) is 0 Å². The number of pyridine rings is 1. The summed E-state index contributed by atoms with van der Waals surface area (Å²) in [6, 6.07) is 9.30. The summed E-state index contributed by atoms with van der Waals surface area (Å²) in [5.41, 5.74) is 1.04. The molecule has 0 unspecified atom stereocenters. The van der Waals surface area contributed by atoms with Gasteiger partial charge in [-0.05, 0) is 30.7 Å². The van der Waals surface area contributed by atoms with Gasteiger partial charge in [0.25, 0.3) is 0 Å². The lowest BCUT2D eigenvalue weighted by Crippen LogP contribution is -2.24. The van der Waals surface area contributed by atoms with Crippen molar-refractivity contribution in [3.8, 4) is 0 Å². The Morgan fingerprint density at radius 1 is 1.29 bits per heavy atom. The van der Waals surface area contributed by atoms with Crippen LogP contribution >= 0.6 is 0 Å². The first-order valence-electron chi connectivity index (χ1n) is 6.13. The van der Waals surface area contributed by atoms with Gasteiger partial charge in [0.15, 0.2) is 0 Å². The molecule has 0 aliphatic heterocycles. The molecule has 6 nitrogen and oxygen atoms in total. The molecule has 0 aliphatic carbocycles. The standard InChI is InChI=1S/C14H14N2O4S/c1-10-4-2-3-5-13(10)21(19,20)16-9-12-8-11(14(17)18)6-7-15-12/h2-8,16H,9H2,1H3,(H,17,18). The van der Waals surface area contributed by atoms with Crippen LogP contribution in [0.4, 0.5) is 0 Å². The van der Waals surface area contributed by atoms with E-state index in [2.05, 4.69) is 9.71 Å². The summed E-state index contributed by atoms with van der Waals surface area (Å²) >= 11 is 0. The van der Waals surface area contributed by atoms with Crippen molar-refractivity contribution in [2.45, 2.75) is 18.4 Å². The molecule has 0 amide bonds. The molecular weight excluding hydrogens is 292 g/mol. The molecule has 1 aromatic carbocycles. The van der Waals surface area contributed by atoms with E-state index < -0.39 is 16.0 Å². The fourth-order valence-corrected chi connectivity index (χ4v) is 3.06. The SMILES string of the molecule is Cc1ccccc1S(=O)(=O)NCc1cc(C(=O)O)ccn1. The maximum Gasteiger partial charge on any atom is 0.335 e. The summed E-state index contributed by atoms with van der Waals surface area (Å²) < 4.78 is 26.8. The lowest BCUT2D eigenvalue weighted by atomic mass is 10.2. The fraction of sp³-hybridized carbons (Fsp3) is 0.143. The highest BCUT2D eigenvalue weighted by molar-refractivity contribution is 7.89. The molecule has 0 atom stereocenters. The van der Waals surface area contributed by atoms with Crippen LogP contribution in [0.1, 0.15) is 21.6 Å². The number of aromatic carboxylic acids is 1. The normalized spacial score (nSPS) is 11.3. The summed E-state index contributed by atoms with van der Waals surface area (Å²) in [7, 11) is -3.66. The Labute approximate surface area is 122 Å². The van der Waals surface area contributed by atoms with Gasteiger partial charge in [-0.1, -0.05) is 18.2 Å². The number of benzene rings is 1. The van der Waals surface area contributed by atoms with Gasteiger partial charge in [0.05, 0.1) is 22.7 Å². The van der Waals surface area contributed by atoms with Crippen LogP contribution in [0, 0.1) is 6.92 Å². The number of aryl methyl sites for hydroxylation is 1. The van der Waals surface area contributed by atoms with Gasteiger partial charge in [0.1, 0.15) is 0 Å². The first kappa shape index (κ1) is 15.1. The Hall–Kier alpha value is -2.25. The first-order chi connectivity index (χ1) is 9.90. The second kappa shape index (κ2) is 6.02. The predicted molar refractivity (Wildman–Crippen MR) is 76.4 cm³/mol. The topological polar surface area (TPSA) is 96.4 Å². The molecule has 0 aliphatic rings. The first-order valence-corrected chi connectivity index (χ1v) is 7.62. The number of nitrogens with one attached hydrogen (secondary N) is 1. The van der Waals surface area contributed by atoms with Crippen molar-refractivity contribution in [2.24, 2.45) is 0 Å². The maximum absolute atomic E-state index is 12.2. The van der Waals surface area contributed by atoms with Crippen LogP contribution in [0.25, 0.3) is 0 Å². The molecule has 1 aromatic heterocycles. The highest BCUT2D eigenvalue weighted by Gasteiger charge is 2.16. The summed E-state index contributed by atoms with van der Waals surface area (Å²) in [4.78, 5) is 15.0. The lowest BCUT2D eigenvalue weighted by molar-refractivity contribution is 0.0696. The van der Waals surface area contributed by atoms with Gasteiger partial charge in [-0.15, -0.1) is 0 Å². The van der Waals surface area contributed by atoms with Crippen LogP contribution in [0.2, 0.25) is 0 Å². The molecule has 2 rings (SSSR count). The van der Waals surface area contributed by atoms with Crippen LogP contribution in [-0.2, 0) is 16.6 Å². The molecule has 0 bridgehead atoms. The largest absolute Gasteiger partial charge is 0.478 e. The second-order valence-electron chi connectivity index (χ2n) is 4.43. The van der Waals surface area contributed by atoms with Crippen molar-refractivity contribution in [3.63, 3.8) is 0 Å². The van der Waals surface area contributed by atoms with Gasteiger partial charge in [0, 0.05) is 6.20 Å². The average Bonchev–Trinajstić information content (AvgIpc) is 2.46. The molecule has 1 heterocycles. The van der Waals surface area contributed by atoms with E-state index in [1.54, 1.807) is 25.1 Å². The third kappa shape index (κ3) is 3.65. The van der Waals surface area contributed by atoms with E-state index in [9.17, 15) is 13.2 Å². The van der Waals surface area contributed by atoms with E-state index in [1.807, 2.05) is 0 Å². The zero-order valence-electron chi connectivity index (χ0n) is 11.3. The molecule has 21 heavy (non-hydrogen) atoms. The summed E-state index contributed by atoms with van der Waals surface area (Å²) in [5, 5.41) is 8.89. The molecule has 0 saturated carbocycles. The zero-order chi connectivity index (χ0) is 15.5. The fourth-order valence-electron chi connectivity index (χ4n) is 1.81. The van der Waals surface area contributed by atoms with Crippen LogP contribution in [0.3, 0.4) is 0 Å². The molecular formula is C14H14N2O4S. The Bertz CT molecular complexity index is 772. The second-order valence-corrected chi connectivity index (χ2v) is 6.17. The Morgan fingerprint density at radius 3 is 2.67 bits per heavy atom. The number of sulfonamides is 1. The van der Waals surface area contributed by atoms with E-state index in [1.165, 1.54) is 24.4 Å². The number of rotatable bonds is 5. The molecule has 7 heteroatoms. The van der Waals surface area contributed by atoms with Crippen LogP contribution in [-0.4, -0.2) is 24.5 Å². The molecule has 0 spiro atoms. The van der Waals surface area contributed by atoms with E-state index in [0.29, 0.717) is 11.3 Å². The monoisotopic (exact) mass is 306 g/mol. The van der Waals surface area contributed by atoms with Crippen LogP contribution in [0.5, 0.6) is 0 Å². The zero-order valence-corrected chi connectivity index (χ0v) is 12.1. The summed E-state index contributed by atoms with van der Waals surface area (Å²) in [5.74, 6) is -1.08. The number of nitrogens with zero attached hydrogens (tertiary/aromatic N) is 1. The van der Waals surface area contributed by atoms with Gasteiger partial charge in [-0.25, -0.2) is 17.9 Å². The van der Waals surface area contributed by atoms with E-state index in [-0.39, 0.29) is 17.0 Å². The summed E-state index contributed by atoms with van der Waals surface area (Å²) in [6.45, 7) is 1.63. The minimum atomic E-state index is -3.66. The van der Waals surface area contributed by atoms with Crippen molar-refractivity contribution < 1.29 is 18.3 Å². The Balaban J connectivity index is 2.18. The minimum Gasteiger partial charge on any atom is -0.478 e. The number of carbonyl (C=O) groups is 1. The molecule has 110 valence electrons. The number of carboxylic acid groups (broad SMARTS) is 1. The van der Waals surface area contributed by atoms with Gasteiger partial charge in [0.2, 0.25) is 10.0 Å². The van der Waals surface area contributed by atoms with Gasteiger partial charge < -0.3 is 5.11 Å². The Kier molecular flexibility index (Phi) is 4.35. The predicted octanol–water partition coefficient (Wildman–Crippen LogP) is 1.57. The van der Waals surface area contributed by atoms with Crippen LogP contribution in [0.15, 0.2) is 47.5 Å². The third-order valence-electron chi connectivity index (χ3n) is 2.89. The molecule has 2 N–H and O–H groups in total. The lowest BCUT2D eigenvalue weighted by Gasteiger charge is -2.09. The molecule has 0 fully saturated rings. The van der Waals surface area contributed by atoms with Gasteiger partial charge >= 0.3 is 5.97 Å². The molecule has 0 radical (unpaired) electrons. The van der Waals surface area contributed by atoms with E-state index in [0.717, 1.165) is 0 Å². The van der Waals surface area contributed by atoms with E-state index in [4.69, 9.17) is 5.11 Å². The highest BCUT2D eigenvalue weighted by Crippen LogP contribution is 2.14. The number of hydrogen-bond donors (Lipinski definition) is 2. The number of hydrogen-bond acceptors (Lipinski definition) is 4. The highest BCUT2D eigenvalue weighted by atomic mass is 32.2. The minimum absolute atomic E-state index is 0.0649. The Morgan fingerprint density at radius 2 is 2.00 bits per heavy atom. The molecule has 2 aromatic rings. The van der Waals surface area contributed by atoms with Crippen molar-refractivity contribution in [1.29, 1.82) is 0 Å². The van der Waals surface area contributed by atoms with Crippen molar-refractivity contribution in [2.75, 3.05) is 0 Å². The quantitative estimate of drug-likeness (QED) is 0.874. The van der Waals surface area contributed by atoms with Crippen molar-refractivity contribution in [1.82, 2.24) is 9.71 Å². The third-order valence-corrected chi connectivity index (χ3v) is 4.45. The van der Waals surface area contributed by atoms with Gasteiger partial charge in [-0.3, -0.25) is 4.98 Å². The molecule has 0 saturated heterocycles. The van der Waals surface area contributed by atoms with Crippen molar-refractivity contribution in [3.05, 3.63) is 59.4 Å². The van der Waals surface area contributed by atoms with Crippen LogP contribution < -0.4 is 4.72 Å². The number of aromatic nitrogens is 1. The smallest absolute Gasteiger partial charge is 0.335 e. The number of carboxylic acids is 1. The average molecular weight is 306 g/mol. The maximum atomic E-state index is 12.2. The summed E-state index contributed by atoms with van der Waals surface area (Å²) in [6.07, 6.45) is 1.33. The van der Waals surface area contributed by atoms with E-state index >= 15 is 0 Å².